The number of ether oxygens (including phenoxy) is 1. The summed E-state index contributed by atoms with van der Waals surface area (Å²) in [6.07, 6.45) is 1.39. The number of nitrogens with one attached hydrogen (secondary N) is 1. The molecule has 3 rings (SSSR count). The number of fused-ring (bicyclic) bond motifs is 1. The molecule has 23 heavy (non-hydrogen) atoms. The van der Waals surface area contributed by atoms with Gasteiger partial charge in [-0.15, -0.1) is 0 Å². The second-order valence-electron chi connectivity index (χ2n) is 4.61. The molecule has 0 unspecified atom stereocenters. The highest BCUT2D eigenvalue weighted by molar-refractivity contribution is 9.10. The maximum atomic E-state index is 9.85. The lowest BCUT2D eigenvalue weighted by atomic mass is 10.2. The Bertz CT molecular complexity index is 906. The van der Waals surface area contributed by atoms with E-state index in [0.29, 0.717) is 42.7 Å². The number of aromatic nitrogens is 2. The molecule has 5 nitrogen and oxygen atoms in total. The molecule has 3 aromatic rings. The van der Waals surface area contributed by atoms with Crippen LogP contribution in [0.4, 0.5) is 11.5 Å². The number of phenols is 1. The summed E-state index contributed by atoms with van der Waals surface area (Å²) in [6.45, 7) is 0. The summed E-state index contributed by atoms with van der Waals surface area (Å²) in [5, 5.41) is 14.4. The van der Waals surface area contributed by atoms with Gasteiger partial charge in [0.25, 0.3) is 0 Å². The average Bonchev–Trinajstić information content (AvgIpc) is 2.55. The monoisotopic (exact) mass is 413 g/mol. The van der Waals surface area contributed by atoms with Gasteiger partial charge in [-0.3, -0.25) is 0 Å². The Labute approximate surface area is 150 Å². The fourth-order valence-corrected chi connectivity index (χ4v) is 2.91. The first kappa shape index (κ1) is 16.1. The number of phenolic OH excluding ortho intramolecular Hbond substituents is 1. The van der Waals surface area contributed by atoms with Crippen LogP contribution in [0.15, 0.2) is 35.1 Å². The van der Waals surface area contributed by atoms with Crippen LogP contribution in [0, 0.1) is 0 Å². The zero-order valence-electron chi connectivity index (χ0n) is 11.8. The highest BCUT2D eigenvalue weighted by atomic mass is 79.9. The molecule has 0 aliphatic carbocycles. The Morgan fingerprint density at radius 1 is 1.17 bits per heavy atom. The molecule has 0 saturated carbocycles. The van der Waals surface area contributed by atoms with Crippen LogP contribution in [0.25, 0.3) is 10.9 Å². The van der Waals surface area contributed by atoms with Crippen LogP contribution in [0.3, 0.4) is 0 Å². The lowest BCUT2D eigenvalue weighted by molar-refractivity contribution is 0.374. The van der Waals surface area contributed by atoms with Gasteiger partial charge in [-0.25, -0.2) is 9.97 Å². The summed E-state index contributed by atoms with van der Waals surface area (Å²) in [6, 6.07) is 6.73. The lowest BCUT2D eigenvalue weighted by Crippen LogP contribution is -1.97. The van der Waals surface area contributed by atoms with Gasteiger partial charge in [-0.2, -0.15) is 0 Å². The van der Waals surface area contributed by atoms with E-state index in [1.807, 2.05) is 0 Å². The predicted molar refractivity (Wildman–Crippen MR) is 95.2 cm³/mol. The molecule has 1 heterocycles. The van der Waals surface area contributed by atoms with Crippen LogP contribution in [-0.4, -0.2) is 22.2 Å². The molecule has 1 aromatic heterocycles. The lowest BCUT2D eigenvalue weighted by Gasteiger charge is -2.12. The first-order chi connectivity index (χ1) is 11.0. The summed E-state index contributed by atoms with van der Waals surface area (Å²) in [7, 11) is 1.48. The Balaban J connectivity index is 2.12. The molecule has 2 N–H and O–H groups in total. The Morgan fingerprint density at radius 3 is 2.70 bits per heavy atom. The number of hydrogen-bond donors (Lipinski definition) is 2. The zero-order valence-corrected chi connectivity index (χ0v) is 14.9. The standard InChI is InChI=1S/C15H10BrCl2N3O2/c1-23-12-4-7-10(5-11(12)22)19-6-20-15(7)21-9-3-2-8(16)13(17)14(9)18/h2-6,22H,1H3,(H,19,20,21). The quantitative estimate of drug-likeness (QED) is 0.579. The van der Waals surface area contributed by atoms with Crippen molar-refractivity contribution in [1.82, 2.24) is 9.97 Å². The average molecular weight is 415 g/mol. The van der Waals surface area contributed by atoms with E-state index in [1.165, 1.54) is 19.5 Å². The van der Waals surface area contributed by atoms with Crippen LogP contribution in [0.1, 0.15) is 0 Å². The molecule has 118 valence electrons. The normalized spacial score (nSPS) is 10.8. The molecular weight excluding hydrogens is 405 g/mol. The second-order valence-corrected chi connectivity index (χ2v) is 6.22. The molecule has 0 bridgehead atoms. The number of hydrogen-bond acceptors (Lipinski definition) is 5. The topological polar surface area (TPSA) is 67.3 Å². The maximum Gasteiger partial charge on any atom is 0.161 e. The number of aromatic hydroxyl groups is 1. The van der Waals surface area contributed by atoms with Crippen LogP contribution in [0.5, 0.6) is 11.5 Å². The molecule has 8 heteroatoms. The van der Waals surface area contributed by atoms with Crippen molar-refractivity contribution >= 4 is 61.5 Å². The summed E-state index contributed by atoms with van der Waals surface area (Å²) in [5.41, 5.74) is 1.17. The van der Waals surface area contributed by atoms with E-state index in [4.69, 9.17) is 27.9 Å². The highest BCUT2D eigenvalue weighted by Crippen LogP contribution is 2.38. The van der Waals surface area contributed by atoms with E-state index < -0.39 is 0 Å². The molecule has 0 aliphatic heterocycles. The molecule has 2 aromatic carbocycles. The van der Waals surface area contributed by atoms with Gasteiger partial charge in [0, 0.05) is 15.9 Å². The van der Waals surface area contributed by atoms with Crippen molar-refractivity contribution in [3.05, 3.63) is 45.1 Å². The Hall–Kier alpha value is -1.76. The van der Waals surface area contributed by atoms with Crippen LogP contribution >= 0.6 is 39.1 Å². The van der Waals surface area contributed by atoms with Gasteiger partial charge in [0.15, 0.2) is 11.5 Å². The molecule has 0 fully saturated rings. The summed E-state index contributed by atoms with van der Waals surface area (Å²) in [5.74, 6) is 0.859. The number of benzene rings is 2. The summed E-state index contributed by atoms with van der Waals surface area (Å²) < 4.78 is 5.83. The molecule has 0 saturated heterocycles. The van der Waals surface area contributed by atoms with E-state index >= 15 is 0 Å². The first-order valence-electron chi connectivity index (χ1n) is 6.43. The van der Waals surface area contributed by atoms with Gasteiger partial charge in [0.2, 0.25) is 0 Å². The number of halogens is 3. The smallest absolute Gasteiger partial charge is 0.161 e. The zero-order chi connectivity index (χ0) is 16.6. The largest absolute Gasteiger partial charge is 0.504 e. The van der Waals surface area contributed by atoms with Crippen LogP contribution < -0.4 is 10.1 Å². The van der Waals surface area contributed by atoms with Crippen molar-refractivity contribution in [3.63, 3.8) is 0 Å². The second kappa shape index (κ2) is 6.39. The van der Waals surface area contributed by atoms with E-state index in [2.05, 4.69) is 31.2 Å². The minimum Gasteiger partial charge on any atom is -0.504 e. The third-order valence-electron chi connectivity index (χ3n) is 3.22. The molecule has 0 spiro atoms. The molecule has 0 radical (unpaired) electrons. The van der Waals surface area contributed by atoms with Crippen molar-refractivity contribution < 1.29 is 9.84 Å². The molecule has 0 aliphatic rings. The SMILES string of the molecule is COc1cc2c(Nc3ccc(Br)c(Cl)c3Cl)ncnc2cc1O. The summed E-state index contributed by atoms with van der Waals surface area (Å²) >= 11 is 15.7. The maximum absolute atomic E-state index is 9.85. The number of rotatable bonds is 3. The van der Waals surface area contributed by atoms with Crippen molar-refractivity contribution in [2.45, 2.75) is 0 Å². The minimum atomic E-state index is 0.00867. The fourth-order valence-electron chi connectivity index (χ4n) is 2.09. The molecule has 0 amide bonds. The minimum absolute atomic E-state index is 0.00867. The third-order valence-corrected chi connectivity index (χ3v) is 5.00. The Kier molecular flexibility index (Phi) is 4.48. The van der Waals surface area contributed by atoms with E-state index in [-0.39, 0.29) is 5.75 Å². The van der Waals surface area contributed by atoms with Crippen molar-refractivity contribution in [2.24, 2.45) is 0 Å². The predicted octanol–water partition coefficient (Wildman–Crippen LogP) is 5.16. The van der Waals surface area contributed by atoms with Crippen molar-refractivity contribution in [3.8, 4) is 11.5 Å². The third kappa shape index (κ3) is 3.02. The number of nitrogens with zero attached hydrogens (tertiary/aromatic N) is 2. The molecular formula is C15H10BrCl2N3O2. The number of anilines is 2. The van der Waals surface area contributed by atoms with Gasteiger partial charge in [0.05, 0.1) is 28.4 Å². The van der Waals surface area contributed by atoms with Crippen molar-refractivity contribution in [1.29, 1.82) is 0 Å². The van der Waals surface area contributed by atoms with Gasteiger partial charge in [0.1, 0.15) is 12.1 Å². The van der Waals surface area contributed by atoms with Gasteiger partial charge in [-0.05, 0) is 34.1 Å². The van der Waals surface area contributed by atoms with Crippen LogP contribution in [0.2, 0.25) is 10.0 Å². The highest BCUT2D eigenvalue weighted by Gasteiger charge is 2.13. The summed E-state index contributed by atoms with van der Waals surface area (Å²) in [4.78, 5) is 8.37. The van der Waals surface area contributed by atoms with Gasteiger partial charge in [-0.1, -0.05) is 23.2 Å². The van der Waals surface area contributed by atoms with Gasteiger partial charge >= 0.3 is 0 Å². The fraction of sp³-hybridized carbons (Fsp3) is 0.0667. The van der Waals surface area contributed by atoms with E-state index in [1.54, 1.807) is 18.2 Å². The van der Waals surface area contributed by atoms with Gasteiger partial charge < -0.3 is 15.2 Å². The van der Waals surface area contributed by atoms with E-state index in [9.17, 15) is 5.11 Å². The first-order valence-corrected chi connectivity index (χ1v) is 7.98. The van der Waals surface area contributed by atoms with Crippen LogP contribution in [-0.2, 0) is 0 Å². The van der Waals surface area contributed by atoms with Crippen molar-refractivity contribution in [2.75, 3.05) is 12.4 Å². The molecule has 0 atom stereocenters. The Morgan fingerprint density at radius 2 is 1.96 bits per heavy atom. The van der Waals surface area contributed by atoms with E-state index in [0.717, 1.165) is 0 Å². The number of methoxy groups -OCH3 is 1.